The normalized spacial score (nSPS) is 10.8. The fourth-order valence-electron chi connectivity index (χ4n) is 3.39. The van der Waals surface area contributed by atoms with Crippen LogP contribution in [0.2, 0.25) is 0 Å². The zero-order valence-electron chi connectivity index (χ0n) is 16.5. The molecule has 1 heterocycles. The topological polar surface area (TPSA) is 77.8 Å². The van der Waals surface area contributed by atoms with Gasteiger partial charge in [0.25, 0.3) is 5.91 Å². The molecule has 0 bridgehead atoms. The van der Waals surface area contributed by atoms with Gasteiger partial charge in [0.1, 0.15) is 11.3 Å². The van der Waals surface area contributed by atoms with E-state index in [0.29, 0.717) is 17.9 Å². The van der Waals surface area contributed by atoms with Gasteiger partial charge in [-0.05, 0) is 34.5 Å². The van der Waals surface area contributed by atoms with Crippen LogP contribution in [0.1, 0.15) is 11.1 Å². The van der Waals surface area contributed by atoms with Gasteiger partial charge in [-0.2, -0.15) is 0 Å². The molecule has 1 amide bonds. The number of rotatable bonds is 7. The summed E-state index contributed by atoms with van der Waals surface area (Å²) >= 11 is 0. The SMILES string of the molecule is COc1cccc(CNC(=O)COC(=O)Cc2coc3ccc4ccccc4c23)c1. The highest BCUT2D eigenvalue weighted by atomic mass is 16.5. The van der Waals surface area contributed by atoms with E-state index in [1.807, 2.05) is 60.7 Å². The average Bonchev–Trinajstić information content (AvgIpc) is 3.19. The van der Waals surface area contributed by atoms with Crippen molar-refractivity contribution < 1.29 is 23.5 Å². The van der Waals surface area contributed by atoms with Gasteiger partial charge in [-0.3, -0.25) is 9.59 Å². The standard InChI is InChI=1S/C24H21NO5/c1-28-19-7-4-5-16(11-19)13-25-22(26)15-30-23(27)12-18-14-29-21-10-9-17-6-2-3-8-20(17)24(18)21/h2-11,14H,12-13,15H2,1H3,(H,25,26). The Bertz CT molecular complexity index is 1210. The molecule has 0 aliphatic carbocycles. The van der Waals surface area contributed by atoms with Crippen LogP contribution in [0.3, 0.4) is 0 Å². The lowest BCUT2D eigenvalue weighted by Crippen LogP contribution is -2.28. The number of hydrogen-bond donors (Lipinski definition) is 1. The third-order valence-corrected chi connectivity index (χ3v) is 4.86. The van der Waals surface area contributed by atoms with Crippen molar-refractivity contribution in [1.29, 1.82) is 0 Å². The van der Waals surface area contributed by atoms with E-state index < -0.39 is 5.97 Å². The van der Waals surface area contributed by atoms with Crippen molar-refractivity contribution >= 4 is 33.6 Å². The summed E-state index contributed by atoms with van der Waals surface area (Å²) in [4.78, 5) is 24.3. The number of methoxy groups -OCH3 is 1. The van der Waals surface area contributed by atoms with Gasteiger partial charge >= 0.3 is 5.97 Å². The Morgan fingerprint density at radius 2 is 1.90 bits per heavy atom. The largest absolute Gasteiger partial charge is 0.497 e. The smallest absolute Gasteiger partial charge is 0.310 e. The van der Waals surface area contributed by atoms with E-state index in [1.165, 1.54) is 0 Å². The maximum Gasteiger partial charge on any atom is 0.310 e. The fourth-order valence-corrected chi connectivity index (χ4v) is 3.39. The summed E-state index contributed by atoms with van der Waals surface area (Å²) in [5.41, 5.74) is 2.35. The first kappa shape index (κ1) is 19.5. The molecule has 4 aromatic rings. The molecule has 0 atom stereocenters. The summed E-state index contributed by atoms with van der Waals surface area (Å²) in [5.74, 6) is -0.135. The minimum atomic E-state index is -0.484. The predicted molar refractivity (Wildman–Crippen MR) is 113 cm³/mol. The van der Waals surface area contributed by atoms with Crippen molar-refractivity contribution in [1.82, 2.24) is 5.32 Å². The molecule has 3 aromatic carbocycles. The molecular formula is C24H21NO5. The minimum absolute atomic E-state index is 0.0319. The monoisotopic (exact) mass is 403 g/mol. The second kappa shape index (κ2) is 8.69. The molecule has 4 rings (SSSR count). The zero-order chi connectivity index (χ0) is 20.9. The van der Waals surface area contributed by atoms with Crippen molar-refractivity contribution in [3.05, 3.63) is 78.1 Å². The fraction of sp³-hybridized carbons (Fsp3) is 0.167. The van der Waals surface area contributed by atoms with E-state index in [2.05, 4.69) is 5.32 Å². The van der Waals surface area contributed by atoms with E-state index in [9.17, 15) is 9.59 Å². The minimum Gasteiger partial charge on any atom is -0.497 e. The number of benzene rings is 3. The summed E-state index contributed by atoms with van der Waals surface area (Å²) in [6.07, 6.45) is 1.60. The molecule has 30 heavy (non-hydrogen) atoms. The van der Waals surface area contributed by atoms with Crippen LogP contribution in [0.25, 0.3) is 21.7 Å². The molecule has 0 saturated carbocycles. The first-order valence-corrected chi connectivity index (χ1v) is 9.57. The maximum atomic E-state index is 12.3. The number of ether oxygens (including phenoxy) is 2. The molecule has 1 aromatic heterocycles. The number of carbonyl (C=O) groups is 2. The molecule has 0 spiro atoms. The number of nitrogens with one attached hydrogen (secondary N) is 1. The number of furan rings is 1. The second-order valence-electron chi connectivity index (χ2n) is 6.89. The molecule has 0 radical (unpaired) electrons. The Balaban J connectivity index is 1.35. The number of fused-ring (bicyclic) bond motifs is 3. The summed E-state index contributed by atoms with van der Waals surface area (Å²) in [6.45, 7) is -0.00866. The van der Waals surface area contributed by atoms with Gasteiger partial charge in [-0.1, -0.05) is 42.5 Å². The predicted octanol–water partition coefficient (Wildman–Crippen LogP) is 4.00. The lowest BCUT2D eigenvalue weighted by atomic mass is 10.0. The van der Waals surface area contributed by atoms with Gasteiger partial charge in [0.15, 0.2) is 6.61 Å². The van der Waals surface area contributed by atoms with Crippen LogP contribution in [0.15, 0.2) is 71.3 Å². The second-order valence-corrected chi connectivity index (χ2v) is 6.89. The number of hydrogen-bond acceptors (Lipinski definition) is 5. The lowest BCUT2D eigenvalue weighted by molar-refractivity contribution is -0.147. The summed E-state index contributed by atoms with van der Waals surface area (Å²) in [7, 11) is 1.59. The Morgan fingerprint density at radius 1 is 1.03 bits per heavy atom. The highest BCUT2D eigenvalue weighted by molar-refractivity contribution is 6.08. The van der Waals surface area contributed by atoms with Crippen LogP contribution in [-0.4, -0.2) is 25.6 Å². The Morgan fingerprint density at radius 3 is 2.77 bits per heavy atom. The van der Waals surface area contributed by atoms with E-state index in [-0.39, 0.29) is 18.9 Å². The van der Waals surface area contributed by atoms with Crippen LogP contribution in [0.4, 0.5) is 0 Å². The Labute approximate surface area is 173 Å². The van der Waals surface area contributed by atoms with E-state index in [4.69, 9.17) is 13.9 Å². The van der Waals surface area contributed by atoms with Crippen molar-refractivity contribution in [2.75, 3.05) is 13.7 Å². The molecular weight excluding hydrogens is 382 g/mol. The highest BCUT2D eigenvalue weighted by Gasteiger charge is 2.15. The van der Waals surface area contributed by atoms with Gasteiger partial charge in [0.05, 0.1) is 19.8 Å². The molecule has 1 N–H and O–H groups in total. The molecule has 0 aliphatic rings. The Hall–Kier alpha value is -3.80. The Kier molecular flexibility index (Phi) is 5.66. The summed E-state index contributed by atoms with van der Waals surface area (Å²) < 4.78 is 15.9. The molecule has 0 saturated heterocycles. The molecule has 0 aliphatic heterocycles. The highest BCUT2D eigenvalue weighted by Crippen LogP contribution is 2.30. The third kappa shape index (κ3) is 4.27. The first-order chi connectivity index (χ1) is 14.6. The van der Waals surface area contributed by atoms with Gasteiger partial charge in [-0.25, -0.2) is 0 Å². The van der Waals surface area contributed by atoms with E-state index in [0.717, 1.165) is 27.3 Å². The van der Waals surface area contributed by atoms with E-state index in [1.54, 1.807) is 13.4 Å². The van der Waals surface area contributed by atoms with Gasteiger partial charge in [0.2, 0.25) is 0 Å². The molecule has 0 fully saturated rings. The number of esters is 1. The first-order valence-electron chi connectivity index (χ1n) is 9.57. The van der Waals surface area contributed by atoms with Crippen LogP contribution >= 0.6 is 0 Å². The van der Waals surface area contributed by atoms with Crippen LogP contribution in [-0.2, 0) is 27.3 Å². The van der Waals surface area contributed by atoms with Crippen molar-refractivity contribution in [3.8, 4) is 5.75 Å². The third-order valence-electron chi connectivity index (χ3n) is 4.86. The summed E-state index contributed by atoms with van der Waals surface area (Å²) in [5, 5.41) is 5.71. The van der Waals surface area contributed by atoms with Gasteiger partial charge in [0, 0.05) is 17.5 Å². The quantitative estimate of drug-likeness (QED) is 0.472. The molecule has 6 nitrogen and oxygen atoms in total. The van der Waals surface area contributed by atoms with Gasteiger partial charge < -0.3 is 19.2 Å². The van der Waals surface area contributed by atoms with Crippen LogP contribution in [0, 0.1) is 0 Å². The lowest BCUT2D eigenvalue weighted by Gasteiger charge is -2.08. The van der Waals surface area contributed by atoms with Crippen molar-refractivity contribution in [2.24, 2.45) is 0 Å². The molecule has 6 heteroatoms. The van der Waals surface area contributed by atoms with Gasteiger partial charge in [-0.15, -0.1) is 0 Å². The van der Waals surface area contributed by atoms with Crippen molar-refractivity contribution in [2.45, 2.75) is 13.0 Å². The zero-order valence-corrected chi connectivity index (χ0v) is 16.5. The molecule has 152 valence electrons. The average molecular weight is 403 g/mol. The maximum absolute atomic E-state index is 12.3. The van der Waals surface area contributed by atoms with Crippen LogP contribution < -0.4 is 10.1 Å². The number of carbonyl (C=O) groups excluding carboxylic acids is 2. The van der Waals surface area contributed by atoms with Crippen molar-refractivity contribution in [3.63, 3.8) is 0 Å². The summed E-state index contributed by atoms with van der Waals surface area (Å²) in [6, 6.07) is 19.2. The van der Waals surface area contributed by atoms with Crippen LogP contribution in [0.5, 0.6) is 5.75 Å². The van der Waals surface area contributed by atoms with E-state index >= 15 is 0 Å². The number of amides is 1. The molecule has 0 unspecified atom stereocenters.